The highest BCUT2D eigenvalue weighted by Crippen LogP contribution is 2.22. The molecule has 1 heterocycles. The first-order valence-electron chi connectivity index (χ1n) is 7.19. The number of anilines is 1. The Labute approximate surface area is 138 Å². The average molecular weight is 324 g/mol. The zero-order valence-corrected chi connectivity index (χ0v) is 13.5. The summed E-state index contributed by atoms with van der Waals surface area (Å²) in [5.74, 6) is 1.06. The molecule has 0 unspecified atom stereocenters. The third-order valence-corrected chi connectivity index (χ3v) is 4.29. The summed E-state index contributed by atoms with van der Waals surface area (Å²) in [5.41, 5.74) is 2.91. The van der Waals surface area contributed by atoms with Crippen LogP contribution >= 0.6 is 11.8 Å². The van der Waals surface area contributed by atoms with Crippen LogP contribution in [0.1, 0.15) is 5.56 Å². The van der Waals surface area contributed by atoms with Crippen LogP contribution in [-0.4, -0.2) is 16.6 Å². The molecule has 5 heteroatoms. The van der Waals surface area contributed by atoms with Crippen LogP contribution in [0.25, 0.3) is 11.3 Å². The summed E-state index contributed by atoms with van der Waals surface area (Å²) < 4.78 is 5.23. The zero-order chi connectivity index (χ0) is 16.1. The van der Waals surface area contributed by atoms with Crippen molar-refractivity contribution in [1.82, 2.24) is 4.98 Å². The van der Waals surface area contributed by atoms with Crippen molar-refractivity contribution in [2.45, 2.75) is 11.8 Å². The summed E-state index contributed by atoms with van der Waals surface area (Å²) in [6.45, 7) is 2.05. The number of rotatable bonds is 5. The van der Waals surface area contributed by atoms with Crippen LogP contribution in [0, 0.1) is 6.92 Å². The quantitative estimate of drug-likeness (QED) is 0.708. The minimum absolute atomic E-state index is 0.0250. The van der Waals surface area contributed by atoms with E-state index in [0.717, 1.165) is 16.1 Å². The zero-order valence-electron chi connectivity index (χ0n) is 12.7. The molecule has 23 heavy (non-hydrogen) atoms. The van der Waals surface area contributed by atoms with Crippen molar-refractivity contribution < 1.29 is 9.21 Å². The molecule has 116 valence electrons. The summed E-state index contributed by atoms with van der Waals surface area (Å²) in [6.07, 6.45) is 3.05. The number of aromatic nitrogens is 1. The topological polar surface area (TPSA) is 55.1 Å². The third kappa shape index (κ3) is 4.23. The minimum atomic E-state index is -0.0250. The number of carbonyl (C=O) groups is 1. The van der Waals surface area contributed by atoms with Gasteiger partial charge in [-0.15, -0.1) is 11.8 Å². The predicted octanol–water partition coefficient (Wildman–Crippen LogP) is 4.38. The van der Waals surface area contributed by atoms with Gasteiger partial charge in [0.05, 0.1) is 11.9 Å². The van der Waals surface area contributed by atoms with Crippen LogP contribution < -0.4 is 5.32 Å². The van der Waals surface area contributed by atoms with E-state index in [4.69, 9.17) is 4.42 Å². The van der Waals surface area contributed by atoms with E-state index in [1.54, 1.807) is 6.20 Å². The highest BCUT2D eigenvalue weighted by Gasteiger charge is 2.05. The lowest BCUT2D eigenvalue weighted by atomic mass is 10.2. The fourth-order valence-electron chi connectivity index (χ4n) is 2.06. The van der Waals surface area contributed by atoms with Gasteiger partial charge in [-0.3, -0.25) is 4.79 Å². The van der Waals surface area contributed by atoms with E-state index in [1.165, 1.54) is 23.7 Å². The van der Waals surface area contributed by atoms with Crippen molar-refractivity contribution >= 4 is 23.4 Å². The first-order valence-corrected chi connectivity index (χ1v) is 8.17. The second-order valence-corrected chi connectivity index (χ2v) is 6.14. The summed E-state index contributed by atoms with van der Waals surface area (Å²) in [4.78, 5) is 17.0. The van der Waals surface area contributed by atoms with Crippen LogP contribution in [0.3, 0.4) is 0 Å². The molecule has 0 saturated carbocycles. The number of nitrogens with zero attached hydrogens (tertiary/aromatic N) is 1. The van der Waals surface area contributed by atoms with Crippen molar-refractivity contribution in [1.29, 1.82) is 0 Å². The maximum atomic E-state index is 12.0. The molecule has 1 amide bonds. The van der Waals surface area contributed by atoms with E-state index < -0.39 is 0 Å². The Hall–Kier alpha value is -2.53. The Bertz CT molecular complexity index is 766. The molecule has 1 N–H and O–H groups in total. The van der Waals surface area contributed by atoms with Gasteiger partial charge in [-0.25, -0.2) is 4.98 Å². The lowest BCUT2D eigenvalue weighted by Crippen LogP contribution is -2.13. The van der Waals surface area contributed by atoms with Crippen LogP contribution in [-0.2, 0) is 4.79 Å². The SMILES string of the molecule is Cc1ccc(SCC(=O)Nc2ccc(-c3cnco3)cc2)cc1. The minimum Gasteiger partial charge on any atom is -0.444 e. The number of hydrogen-bond donors (Lipinski definition) is 1. The predicted molar refractivity (Wildman–Crippen MR) is 92.5 cm³/mol. The average Bonchev–Trinajstić information content (AvgIpc) is 3.09. The van der Waals surface area contributed by atoms with E-state index in [1.807, 2.05) is 55.5 Å². The number of hydrogen-bond acceptors (Lipinski definition) is 4. The molecule has 2 aromatic carbocycles. The molecule has 0 atom stereocenters. The van der Waals surface area contributed by atoms with Gasteiger partial charge in [0.25, 0.3) is 0 Å². The van der Waals surface area contributed by atoms with Crippen molar-refractivity contribution in [2.24, 2.45) is 0 Å². The van der Waals surface area contributed by atoms with Gasteiger partial charge >= 0.3 is 0 Å². The van der Waals surface area contributed by atoms with Gasteiger partial charge in [0.15, 0.2) is 12.2 Å². The molecule has 3 rings (SSSR count). The van der Waals surface area contributed by atoms with Crippen LogP contribution in [0.2, 0.25) is 0 Å². The van der Waals surface area contributed by atoms with E-state index >= 15 is 0 Å². The number of nitrogens with one attached hydrogen (secondary N) is 1. The normalized spacial score (nSPS) is 10.5. The maximum Gasteiger partial charge on any atom is 0.234 e. The molecule has 0 radical (unpaired) electrons. The van der Waals surface area contributed by atoms with Crippen molar-refractivity contribution in [3.8, 4) is 11.3 Å². The standard InChI is InChI=1S/C18H16N2O2S/c1-13-2-8-16(9-3-13)23-11-18(21)20-15-6-4-14(5-7-15)17-10-19-12-22-17/h2-10,12H,11H2,1H3,(H,20,21). The largest absolute Gasteiger partial charge is 0.444 e. The number of thioether (sulfide) groups is 1. The summed E-state index contributed by atoms with van der Waals surface area (Å²) >= 11 is 1.52. The summed E-state index contributed by atoms with van der Waals surface area (Å²) in [6, 6.07) is 15.6. The van der Waals surface area contributed by atoms with E-state index in [0.29, 0.717) is 11.5 Å². The molecule has 0 fully saturated rings. The lowest BCUT2D eigenvalue weighted by molar-refractivity contribution is -0.113. The smallest absolute Gasteiger partial charge is 0.234 e. The highest BCUT2D eigenvalue weighted by atomic mass is 32.2. The molecule has 0 bridgehead atoms. The van der Waals surface area contributed by atoms with Crippen LogP contribution in [0.5, 0.6) is 0 Å². The van der Waals surface area contributed by atoms with Gasteiger partial charge in [-0.1, -0.05) is 17.7 Å². The summed E-state index contributed by atoms with van der Waals surface area (Å²) in [7, 11) is 0. The number of carbonyl (C=O) groups excluding carboxylic acids is 1. The Morgan fingerprint density at radius 1 is 1.13 bits per heavy atom. The molecule has 0 aliphatic rings. The Balaban J connectivity index is 1.54. The molecule has 0 saturated heterocycles. The first-order chi connectivity index (χ1) is 11.2. The molecule has 0 aliphatic carbocycles. The van der Waals surface area contributed by atoms with Crippen LogP contribution in [0.4, 0.5) is 5.69 Å². The fourth-order valence-corrected chi connectivity index (χ4v) is 2.76. The molecule has 0 aliphatic heterocycles. The number of benzene rings is 2. The van der Waals surface area contributed by atoms with Gasteiger partial charge in [0, 0.05) is 16.1 Å². The maximum absolute atomic E-state index is 12.0. The second-order valence-electron chi connectivity index (χ2n) is 5.09. The van der Waals surface area contributed by atoms with E-state index in [-0.39, 0.29) is 5.91 Å². The molecule has 3 aromatic rings. The van der Waals surface area contributed by atoms with Gasteiger partial charge in [-0.05, 0) is 43.3 Å². The lowest BCUT2D eigenvalue weighted by Gasteiger charge is -2.06. The molecular weight excluding hydrogens is 308 g/mol. The number of aryl methyl sites for hydroxylation is 1. The van der Waals surface area contributed by atoms with Crippen molar-refractivity contribution in [3.63, 3.8) is 0 Å². The van der Waals surface area contributed by atoms with Gasteiger partial charge in [0.2, 0.25) is 5.91 Å². The summed E-state index contributed by atoms with van der Waals surface area (Å²) in [5, 5.41) is 2.89. The van der Waals surface area contributed by atoms with Crippen molar-refractivity contribution in [2.75, 3.05) is 11.1 Å². The Kier molecular flexibility index (Phi) is 4.78. The van der Waals surface area contributed by atoms with E-state index in [9.17, 15) is 4.79 Å². The number of amides is 1. The van der Waals surface area contributed by atoms with Crippen LogP contribution in [0.15, 0.2) is 70.4 Å². The molecule has 4 nitrogen and oxygen atoms in total. The van der Waals surface area contributed by atoms with E-state index in [2.05, 4.69) is 10.3 Å². The van der Waals surface area contributed by atoms with Gasteiger partial charge in [-0.2, -0.15) is 0 Å². The Morgan fingerprint density at radius 3 is 2.52 bits per heavy atom. The monoisotopic (exact) mass is 324 g/mol. The Morgan fingerprint density at radius 2 is 1.87 bits per heavy atom. The third-order valence-electron chi connectivity index (χ3n) is 3.28. The first kappa shape index (κ1) is 15.4. The van der Waals surface area contributed by atoms with Crippen molar-refractivity contribution in [3.05, 3.63) is 66.7 Å². The fraction of sp³-hybridized carbons (Fsp3) is 0.111. The molecular formula is C18H16N2O2S. The molecule has 1 aromatic heterocycles. The van der Waals surface area contributed by atoms with Gasteiger partial charge < -0.3 is 9.73 Å². The highest BCUT2D eigenvalue weighted by molar-refractivity contribution is 8.00. The number of oxazole rings is 1. The second kappa shape index (κ2) is 7.15. The molecule has 0 spiro atoms. The van der Waals surface area contributed by atoms with Gasteiger partial charge in [0.1, 0.15) is 0 Å².